The Balaban J connectivity index is 0.912. The van der Waals surface area contributed by atoms with Crippen LogP contribution in [-0.4, -0.2) is 14.5 Å². The summed E-state index contributed by atoms with van der Waals surface area (Å²) in [6.45, 7) is 0. The smallest absolute Gasteiger partial charge is 0.160 e. The molecule has 0 unspecified atom stereocenters. The third-order valence-electron chi connectivity index (χ3n) is 11.5. The van der Waals surface area contributed by atoms with Crippen molar-refractivity contribution in [2.75, 3.05) is 0 Å². The third kappa shape index (κ3) is 6.26. The maximum Gasteiger partial charge on any atom is 0.160 e. The highest BCUT2D eigenvalue weighted by Gasteiger charge is 2.16. The average Bonchev–Trinajstić information content (AvgIpc) is 3.66. The molecule has 0 saturated carbocycles. The summed E-state index contributed by atoms with van der Waals surface area (Å²) in [5.41, 5.74) is 15.7. The van der Waals surface area contributed by atoms with E-state index in [4.69, 9.17) is 9.97 Å². The number of hydrogen-bond acceptors (Lipinski definition) is 2. The molecule has 0 fully saturated rings. The Morgan fingerprint density at radius 2 is 0.746 bits per heavy atom. The fourth-order valence-corrected chi connectivity index (χ4v) is 8.54. The largest absolute Gasteiger partial charge is 0.309 e. The van der Waals surface area contributed by atoms with Gasteiger partial charge in [-0.05, 0) is 80.6 Å². The number of hydrogen-bond donors (Lipinski definition) is 0. The first-order chi connectivity index (χ1) is 29.2. The molecule has 0 aliphatic carbocycles. The molecule has 0 aliphatic heterocycles. The van der Waals surface area contributed by atoms with E-state index < -0.39 is 0 Å². The van der Waals surface area contributed by atoms with Crippen LogP contribution in [0.3, 0.4) is 0 Å². The van der Waals surface area contributed by atoms with Crippen molar-refractivity contribution in [3.05, 3.63) is 224 Å². The van der Waals surface area contributed by atoms with Gasteiger partial charge in [0.05, 0.1) is 22.4 Å². The highest BCUT2D eigenvalue weighted by atomic mass is 15.0. The molecule has 0 atom stereocenters. The van der Waals surface area contributed by atoms with Crippen molar-refractivity contribution in [2.24, 2.45) is 0 Å². The summed E-state index contributed by atoms with van der Waals surface area (Å²) in [6, 6.07) is 79.9. The minimum absolute atomic E-state index is 0.715. The lowest BCUT2D eigenvalue weighted by Crippen LogP contribution is -1.96. The van der Waals surface area contributed by atoms with Crippen LogP contribution in [0.2, 0.25) is 0 Å². The Kier molecular flexibility index (Phi) is 8.49. The van der Waals surface area contributed by atoms with Gasteiger partial charge < -0.3 is 4.57 Å². The van der Waals surface area contributed by atoms with Gasteiger partial charge in [-0.2, -0.15) is 0 Å². The average molecular weight is 752 g/mol. The van der Waals surface area contributed by atoms with Gasteiger partial charge in [0, 0.05) is 33.2 Å². The van der Waals surface area contributed by atoms with Crippen molar-refractivity contribution in [2.45, 2.75) is 0 Å². The molecule has 0 spiro atoms. The van der Waals surface area contributed by atoms with Gasteiger partial charge in [0.1, 0.15) is 0 Å². The van der Waals surface area contributed by atoms with Crippen molar-refractivity contribution in [3.63, 3.8) is 0 Å². The number of aromatic nitrogens is 3. The molecule has 3 heteroatoms. The minimum Gasteiger partial charge on any atom is -0.309 e. The minimum atomic E-state index is 0.715. The number of nitrogens with zero attached hydrogens (tertiary/aromatic N) is 3. The molecule has 0 radical (unpaired) electrons. The second kappa shape index (κ2) is 14.6. The van der Waals surface area contributed by atoms with Crippen LogP contribution < -0.4 is 0 Å². The molecule has 0 amide bonds. The van der Waals surface area contributed by atoms with Crippen molar-refractivity contribution in [3.8, 4) is 73.0 Å². The van der Waals surface area contributed by atoms with Crippen LogP contribution in [0.4, 0.5) is 0 Å². The molecule has 2 aromatic heterocycles. The van der Waals surface area contributed by atoms with Gasteiger partial charge in [0.2, 0.25) is 0 Å². The highest BCUT2D eigenvalue weighted by Crippen LogP contribution is 2.39. The summed E-state index contributed by atoms with van der Waals surface area (Å²) in [6.07, 6.45) is 0. The van der Waals surface area contributed by atoms with E-state index in [0.717, 1.165) is 33.5 Å². The second-order valence-electron chi connectivity index (χ2n) is 15.0. The highest BCUT2D eigenvalue weighted by molar-refractivity contribution is 6.10. The van der Waals surface area contributed by atoms with Gasteiger partial charge in [0.15, 0.2) is 5.82 Å². The van der Waals surface area contributed by atoms with E-state index in [1.807, 2.05) is 24.3 Å². The molecule has 0 bridgehead atoms. The second-order valence-corrected chi connectivity index (χ2v) is 15.0. The first-order valence-corrected chi connectivity index (χ1v) is 20.1. The molecular weight excluding hydrogens is 715 g/mol. The lowest BCUT2D eigenvalue weighted by molar-refractivity contribution is 1.18. The van der Waals surface area contributed by atoms with Crippen LogP contribution in [0.1, 0.15) is 0 Å². The molecule has 2 heterocycles. The Morgan fingerprint density at radius 1 is 0.271 bits per heavy atom. The van der Waals surface area contributed by atoms with E-state index in [1.54, 1.807) is 0 Å². The molecule has 0 N–H and O–H groups in total. The van der Waals surface area contributed by atoms with Gasteiger partial charge >= 0.3 is 0 Å². The van der Waals surface area contributed by atoms with E-state index in [-0.39, 0.29) is 0 Å². The summed E-state index contributed by atoms with van der Waals surface area (Å²) in [4.78, 5) is 10.2. The monoisotopic (exact) mass is 751 g/mol. The van der Waals surface area contributed by atoms with Gasteiger partial charge in [-0.15, -0.1) is 0 Å². The summed E-state index contributed by atoms with van der Waals surface area (Å²) in [7, 11) is 0. The van der Waals surface area contributed by atoms with Crippen molar-refractivity contribution < 1.29 is 0 Å². The lowest BCUT2D eigenvalue weighted by Gasteiger charge is -2.14. The van der Waals surface area contributed by atoms with Gasteiger partial charge in [-0.1, -0.05) is 188 Å². The summed E-state index contributed by atoms with van der Waals surface area (Å²) in [5.74, 6) is 0.715. The van der Waals surface area contributed by atoms with Gasteiger partial charge in [-0.25, -0.2) is 9.97 Å². The van der Waals surface area contributed by atoms with E-state index in [1.165, 1.54) is 66.3 Å². The first kappa shape index (κ1) is 34.4. The van der Waals surface area contributed by atoms with Gasteiger partial charge in [-0.3, -0.25) is 0 Å². The molecule has 11 aromatic rings. The van der Waals surface area contributed by atoms with Crippen molar-refractivity contribution in [1.29, 1.82) is 0 Å². The van der Waals surface area contributed by atoms with Crippen LogP contribution in [0.25, 0.3) is 106 Å². The summed E-state index contributed by atoms with van der Waals surface area (Å²) in [5, 5.41) is 4.86. The third-order valence-corrected chi connectivity index (χ3v) is 11.5. The molecule has 59 heavy (non-hydrogen) atoms. The zero-order valence-corrected chi connectivity index (χ0v) is 32.2. The normalized spacial score (nSPS) is 11.4. The topological polar surface area (TPSA) is 30.7 Å². The van der Waals surface area contributed by atoms with Gasteiger partial charge in [0.25, 0.3) is 0 Å². The van der Waals surface area contributed by atoms with Crippen LogP contribution in [0, 0.1) is 0 Å². The van der Waals surface area contributed by atoms with E-state index in [2.05, 4.69) is 205 Å². The van der Waals surface area contributed by atoms with E-state index >= 15 is 0 Å². The number of rotatable bonds is 7. The van der Waals surface area contributed by atoms with Crippen LogP contribution in [0.5, 0.6) is 0 Å². The molecule has 9 aromatic carbocycles. The molecule has 3 nitrogen and oxygen atoms in total. The first-order valence-electron chi connectivity index (χ1n) is 20.1. The molecule has 276 valence electrons. The standard InChI is InChI=1S/C56H37N3/c1-4-14-42(15-5-1)52-37-53(58-56(57-52)43-16-6-2-7-17-43)49-34-33-46(47-20-10-11-21-48(47)49)41-30-28-39(29-31-41)38-24-26-40(27-25-38)44-32-35-55-51(36-44)50-22-12-13-23-54(50)59(55)45-18-8-3-9-19-45/h1-37H. The Labute approximate surface area is 343 Å². The van der Waals surface area contributed by atoms with Crippen LogP contribution in [0.15, 0.2) is 224 Å². The SMILES string of the molecule is c1ccc(-c2cc(-c3ccc(-c4ccc(-c5ccc(-c6ccc7c(c6)c6ccccc6n7-c6ccccc6)cc5)cc4)c4ccccc34)nc(-c3ccccc3)n2)cc1. The molecule has 0 aliphatic rings. The predicted molar refractivity (Wildman–Crippen MR) is 246 cm³/mol. The predicted octanol–water partition coefficient (Wildman–Crippen LogP) is 14.7. The number of para-hydroxylation sites is 2. The van der Waals surface area contributed by atoms with Crippen molar-refractivity contribution in [1.82, 2.24) is 14.5 Å². The molecule has 0 saturated heterocycles. The maximum atomic E-state index is 5.15. The fraction of sp³-hybridized carbons (Fsp3) is 0. The van der Waals surface area contributed by atoms with E-state index in [9.17, 15) is 0 Å². The summed E-state index contributed by atoms with van der Waals surface area (Å²) >= 11 is 0. The van der Waals surface area contributed by atoms with E-state index in [0.29, 0.717) is 5.82 Å². The van der Waals surface area contributed by atoms with Crippen LogP contribution >= 0.6 is 0 Å². The lowest BCUT2D eigenvalue weighted by atomic mass is 9.92. The maximum absolute atomic E-state index is 5.15. The quantitative estimate of drug-likeness (QED) is 0.162. The molecule has 11 rings (SSSR count). The van der Waals surface area contributed by atoms with Crippen LogP contribution in [-0.2, 0) is 0 Å². The Hall–Kier alpha value is -7.88. The Morgan fingerprint density at radius 3 is 1.42 bits per heavy atom. The number of benzene rings is 9. The number of fused-ring (bicyclic) bond motifs is 4. The van der Waals surface area contributed by atoms with Crippen molar-refractivity contribution >= 4 is 32.6 Å². The zero-order chi connectivity index (χ0) is 39.1. The zero-order valence-electron chi connectivity index (χ0n) is 32.2. The summed E-state index contributed by atoms with van der Waals surface area (Å²) < 4.78 is 2.36. The molecular formula is C56H37N3. The Bertz CT molecular complexity index is 3220. The fourth-order valence-electron chi connectivity index (χ4n) is 8.54.